The van der Waals surface area contributed by atoms with Crippen molar-refractivity contribution in [1.82, 2.24) is 0 Å². The van der Waals surface area contributed by atoms with Crippen molar-refractivity contribution in [3.63, 3.8) is 0 Å². The minimum atomic E-state index is 0.365. The summed E-state index contributed by atoms with van der Waals surface area (Å²) in [4.78, 5) is 9.76. The molecule has 0 aliphatic rings. The molecule has 0 fully saturated rings. The number of ether oxygens (including phenoxy) is 1. The molecule has 0 spiro atoms. The molecule has 0 saturated heterocycles. The Morgan fingerprint density at radius 2 is 1.71 bits per heavy atom. The van der Waals surface area contributed by atoms with Crippen LogP contribution in [0.25, 0.3) is 0 Å². The predicted octanol–water partition coefficient (Wildman–Crippen LogP) is 5.75. The molecule has 120 valence electrons. The first-order valence-electron chi connectivity index (χ1n) is 8.15. The number of rotatable bonds is 9. The Hall–Kier alpha value is -1.31. The van der Waals surface area contributed by atoms with E-state index in [1.165, 1.54) is 38.5 Å². The zero-order valence-electron chi connectivity index (χ0n) is 14.2. The number of benzene rings is 1. The normalized spacial score (nSPS) is 10.5. The van der Waals surface area contributed by atoms with Crippen LogP contribution in [0.2, 0.25) is 0 Å². The van der Waals surface area contributed by atoms with Gasteiger partial charge in [0, 0.05) is 0 Å². The summed E-state index contributed by atoms with van der Waals surface area (Å²) in [6, 6.07) is 9.55. The molecule has 2 nitrogen and oxygen atoms in total. The van der Waals surface area contributed by atoms with Crippen LogP contribution < -0.4 is 0 Å². The zero-order chi connectivity index (χ0) is 16.0. The maximum Gasteiger partial charge on any atom is 0.293 e. The molecule has 0 atom stereocenters. The Kier molecular flexibility index (Phi) is 11.7. The van der Waals surface area contributed by atoms with Crippen LogP contribution in [0.15, 0.2) is 30.3 Å². The molecule has 0 radical (unpaired) electrons. The van der Waals surface area contributed by atoms with Gasteiger partial charge in [0.15, 0.2) is 0 Å². The lowest BCUT2D eigenvalue weighted by Crippen LogP contribution is -2.08. The maximum absolute atomic E-state index is 9.76. The first kappa shape index (κ1) is 19.7. The Bertz CT molecular complexity index is 344. The van der Waals surface area contributed by atoms with Crippen LogP contribution in [0.3, 0.4) is 0 Å². The van der Waals surface area contributed by atoms with Gasteiger partial charge >= 0.3 is 0 Å². The average Bonchev–Trinajstić information content (AvgIpc) is 2.51. The highest BCUT2D eigenvalue weighted by Crippen LogP contribution is 2.27. The average molecular weight is 292 g/mol. The molecule has 0 amide bonds. The van der Waals surface area contributed by atoms with Crippen molar-refractivity contribution in [2.45, 2.75) is 72.8 Å². The fourth-order valence-corrected chi connectivity index (χ4v) is 1.91. The molecule has 0 N–H and O–H groups in total. The third-order valence-electron chi connectivity index (χ3n) is 3.83. The lowest BCUT2D eigenvalue weighted by atomic mass is 9.84. The molecule has 2 heteroatoms. The fraction of sp³-hybridized carbons (Fsp3) is 0.632. The second-order valence-corrected chi connectivity index (χ2v) is 6.22. The highest BCUT2D eigenvalue weighted by molar-refractivity contribution is 5.37. The molecule has 0 saturated carbocycles. The van der Waals surface area contributed by atoms with E-state index in [1.54, 1.807) is 0 Å². The molecule has 0 heterocycles. The van der Waals surface area contributed by atoms with Gasteiger partial charge in [0.05, 0.1) is 0 Å². The van der Waals surface area contributed by atoms with Gasteiger partial charge in [0.25, 0.3) is 6.47 Å². The smallest absolute Gasteiger partial charge is 0.293 e. The fourth-order valence-electron chi connectivity index (χ4n) is 1.91. The quantitative estimate of drug-likeness (QED) is 0.427. The van der Waals surface area contributed by atoms with Gasteiger partial charge in [-0.1, -0.05) is 90.1 Å². The molecular formula is C19H32O2. The Labute approximate surface area is 130 Å². The van der Waals surface area contributed by atoms with Gasteiger partial charge in [-0.25, -0.2) is 0 Å². The van der Waals surface area contributed by atoms with Crippen molar-refractivity contribution < 1.29 is 9.53 Å². The summed E-state index contributed by atoms with van der Waals surface area (Å²) in [7, 11) is 0. The Balaban J connectivity index is 0.000000382. The third kappa shape index (κ3) is 12.2. The highest BCUT2D eigenvalue weighted by atomic mass is 16.5. The standard InChI is InChI=1S/C11H24.C8H8O2/c1-5-7-8-9-10-11(3,4)6-2;9-7-10-6-8-4-2-1-3-5-8/h5-10H2,1-4H3;1-5,7H,6H2. The summed E-state index contributed by atoms with van der Waals surface area (Å²) in [5, 5.41) is 0. The van der Waals surface area contributed by atoms with Gasteiger partial charge in [-0.2, -0.15) is 0 Å². The van der Waals surface area contributed by atoms with Crippen molar-refractivity contribution in [1.29, 1.82) is 0 Å². The van der Waals surface area contributed by atoms with Gasteiger partial charge in [0.2, 0.25) is 0 Å². The zero-order valence-corrected chi connectivity index (χ0v) is 14.2. The molecule has 0 aliphatic heterocycles. The van der Waals surface area contributed by atoms with E-state index >= 15 is 0 Å². The minimum Gasteiger partial charge on any atom is -0.463 e. The molecule has 1 aromatic carbocycles. The van der Waals surface area contributed by atoms with Crippen LogP contribution in [-0.4, -0.2) is 6.47 Å². The van der Waals surface area contributed by atoms with Gasteiger partial charge in [-0.3, -0.25) is 4.79 Å². The van der Waals surface area contributed by atoms with Gasteiger partial charge in [-0.15, -0.1) is 0 Å². The van der Waals surface area contributed by atoms with Crippen LogP contribution in [0.4, 0.5) is 0 Å². The van der Waals surface area contributed by atoms with Gasteiger partial charge in [-0.05, 0) is 17.4 Å². The summed E-state index contributed by atoms with van der Waals surface area (Å²) >= 11 is 0. The molecule has 1 rings (SSSR count). The predicted molar refractivity (Wildman–Crippen MR) is 90.1 cm³/mol. The van der Waals surface area contributed by atoms with Crippen molar-refractivity contribution in [2.24, 2.45) is 5.41 Å². The molecule has 21 heavy (non-hydrogen) atoms. The molecule has 0 aliphatic carbocycles. The molecule has 1 aromatic rings. The van der Waals surface area contributed by atoms with E-state index in [4.69, 9.17) is 0 Å². The van der Waals surface area contributed by atoms with Crippen molar-refractivity contribution in [2.75, 3.05) is 0 Å². The second kappa shape index (κ2) is 12.4. The summed E-state index contributed by atoms with van der Waals surface area (Å²) < 4.78 is 4.54. The number of unbranched alkanes of at least 4 members (excludes halogenated alkanes) is 3. The SMILES string of the molecule is CCCCCCC(C)(C)CC.O=COCc1ccccc1. The van der Waals surface area contributed by atoms with Crippen LogP contribution in [0.5, 0.6) is 0 Å². The number of carbonyl (C=O) groups excluding carboxylic acids is 1. The molecule has 0 aromatic heterocycles. The Morgan fingerprint density at radius 1 is 1.05 bits per heavy atom. The second-order valence-electron chi connectivity index (χ2n) is 6.22. The van der Waals surface area contributed by atoms with E-state index in [1.807, 2.05) is 30.3 Å². The first-order chi connectivity index (χ1) is 10.1. The third-order valence-corrected chi connectivity index (χ3v) is 3.83. The highest BCUT2D eigenvalue weighted by Gasteiger charge is 2.13. The summed E-state index contributed by atoms with van der Waals surface area (Å²) in [6.07, 6.45) is 8.35. The van der Waals surface area contributed by atoms with E-state index in [-0.39, 0.29) is 0 Å². The van der Waals surface area contributed by atoms with Crippen molar-refractivity contribution in [3.8, 4) is 0 Å². The van der Waals surface area contributed by atoms with Crippen molar-refractivity contribution >= 4 is 6.47 Å². The van der Waals surface area contributed by atoms with E-state index < -0.39 is 0 Å². The number of carbonyl (C=O) groups is 1. The van der Waals surface area contributed by atoms with Crippen LogP contribution >= 0.6 is 0 Å². The van der Waals surface area contributed by atoms with Crippen molar-refractivity contribution in [3.05, 3.63) is 35.9 Å². The van der Waals surface area contributed by atoms with Gasteiger partial charge < -0.3 is 4.74 Å². The van der Waals surface area contributed by atoms with Gasteiger partial charge in [0.1, 0.15) is 6.61 Å². The lowest BCUT2D eigenvalue weighted by Gasteiger charge is -2.21. The van der Waals surface area contributed by atoms with E-state index in [2.05, 4.69) is 32.4 Å². The lowest BCUT2D eigenvalue weighted by molar-refractivity contribution is -0.129. The van der Waals surface area contributed by atoms with Crippen LogP contribution in [-0.2, 0) is 16.1 Å². The van der Waals surface area contributed by atoms with E-state index in [0.717, 1.165) is 5.56 Å². The van der Waals surface area contributed by atoms with Crippen LogP contribution in [0.1, 0.15) is 71.8 Å². The first-order valence-corrected chi connectivity index (χ1v) is 8.15. The molecule has 0 unspecified atom stereocenters. The number of hydrogen-bond acceptors (Lipinski definition) is 2. The molecular weight excluding hydrogens is 260 g/mol. The maximum atomic E-state index is 9.76. The Morgan fingerprint density at radius 3 is 2.24 bits per heavy atom. The van der Waals surface area contributed by atoms with E-state index in [0.29, 0.717) is 18.5 Å². The van der Waals surface area contributed by atoms with Crippen LogP contribution in [0, 0.1) is 5.41 Å². The number of hydrogen-bond donors (Lipinski definition) is 0. The summed E-state index contributed by atoms with van der Waals surface area (Å²) in [6.45, 7) is 10.1. The largest absolute Gasteiger partial charge is 0.463 e. The monoisotopic (exact) mass is 292 g/mol. The molecule has 0 bridgehead atoms. The summed E-state index contributed by atoms with van der Waals surface area (Å²) in [5.74, 6) is 0. The topological polar surface area (TPSA) is 26.3 Å². The minimum absolute atomic E-state index is 0.365. The summed E-state index contributed by atoms with van der Waals surface area (Å²) in [5.41, 5.74) is 1.60. The van der Waals surface area contributed by atoms with E-state index in [9.17, 15) is 4.79 Å².